The van der Waals surface area contributed by atoms with Crippen LogP contribution in [0.5, 0.6) is 0 Å². The third-order valence-corrected chi connectivity index (χ3v) is 7.05. The average molecular weight is 465 g/mol. The van der Waals surface area contributed by atoms with Crippen LogP contribution in [0.3, 0.4) is 0 Å². The van der Waals surface area contributed by atoms with E-state index in [1.54, 1.807) is 6.92 Å². The van der Waals surface area contributed by atoms with Crippen molar-refractivity contribution < 1.29 is 24.2 Å². The Balaban J connectivity index is 1.36. The number of alkyl carbamates (subject to hydrolysis) is 1. The van der Waals surface area contributed by atoms with E-state index in [1.807, 2.05) is 36.4 Å². The molecule has 2 aliphatic rings. The molecule has 1 unspecified atom stereocenters. The standard InChI is InChI=1S/C27H32N2O5/c1-2-23(25(30)29-24(26(31)32)17-10-4-3-5-11-17)28-27(33)34-16-22-20-14-8-6-12-18(20)19-13-7-9-15-21(19)22/h6-9,12-15,17,22-24H,2-5,10-11,16H2,1H3,(H,28,33)(H,29,30)(H,31,32)/t23-,24?/m0/s1. The van der Waals surface area contributed by atoms with Crippen LogP contribution in [0.15, 0.2) is 48.5 Å². The molecule has 2 aromatic rings. The summed E-state index contributed by atoms with van der Waals surface area (Å²) in [7, 11) is 0. The normalized spacial score (nSPS) is 17.2. The minimum absolute atomic E-state index is 0.0743. The van der Waals surface area contributed by atoms with Crippen LogP contribution in [0, 0.1) is 5.92 Å². The number of carboxylic acid groups (broad SMARTS) is 1. The smallest absolute Gasteiger partial charge is 0.407 e. The number of fused-ring (bicyclic) bond motifs is 3. The monoisotopic (exact) mass is 464 g/mol. The molecule has 2 aromatic carbocycles. The van der Waals surface area contributed by atoms with E-state index in [0.717, 1.165) is 54.4 Å². The van der Waals surface area contributed by atoms with Gasteiger partial charge in [0.2, 0.25) is 5.91 Å². The van der Waals surface area contributed by atoms with E-state index in [1.165, 1.54) is 0 Å². The van der Waals surface area contributed by atoms with E-state index >= 15 is 0 Å². The first-order valence-electron chi connectivity index (χ1n) is 12.1. The number of carbonyl (C=O) groups excluding carboxylic acids is 2. The summed E-state index contributed by atoms with van der Waals surface area (Å²) in [5.74, 6) is -1.68. The Kier molecular flexibility index (Phi) is 7.50. The highest BCUT2D eigenvalue weighted by Gasteiger charge is 2.33. The lowest BCUT2D eigenvalue weighted by molar-refractivity contribution is -0.144. The number of aliphatic carboxylic acids is 1. The summed E-state index contributed by atoms with van der Waals surface area (Å²) in [5.41, 5.74) is 4.50. The second-order valence-electron chi connectivity index (χ2n) is 9.15. The average Bonchev–Trinajstić information content (AvgIpc) is 3.18. The van der Waals surface area contributed by atoms with E-state index in [-0.39, 0.29) is 18.4 Å². The van der Waals surface area contributed by atoms with Gasteiger partial charge in [0.15, 0.2) is 0 Å². The fourth-order valence-electron chi connectivity index (χ4n) is 5.24. The van der Waals surface area contributed by atoms with Gasteiger partial charge in [-0.2, -0.15) is 0 Å². The minimum atomic E-state index is -1.03. The van der Waals surface area contributed by atoms with Gasteiger partial charge in [-0.25, -0.2) is 9.59 Å². The zero-order valence-electron chi connectivity index (χ0n) is 19.5. The van der Waals surface area contributed by atoms with Crippen molar-refractivity contribution in [3.05, 3.63) is 59.7 Å². The van der Waals surface area contributed by atoms with Crippen molar-refractivity contribution in [1.29, 1.82) is 0 Å². The fourth-order valence-corrected chi connectivity index (χ4v) is 5.24. The molecule has 0 saturated heterocycles. The quantitative estimate of drug-likeness (QED) is 0.535. The van der Waals surface area contributed by atoms with E-state index < -0.39 is 30.1 Å². The summed E-state index contributed by atoms with van der Waals surface area (Å²) < 4.78 is 5.54. The SMILES string of the molecule is CC[C@H](NC(=O)OCC1c2ccccc2-c2ccccc21)C(=O)NC(C(=O)O)C1CCCCC1. The van der Waals surface area contributed by atoms with Gasteiger partial charge in [0, 0.05) is 5.92 Å². The fraction of sp³-hybridized carbons (Fsp3) is 0.444. The lowest BCUT2D eigenvalue weighted by Crippen LogP contribution is -2.54. The van der Waals surface area contributed by atoms with Gasteiger partial charge in [-0.1, -0.05) is 74.7 Å². The summed E-state index contributed by atoms with van der Waals surface area (Å²) >= 11 is 0. The Morgan fingerprint density at radius 2 is 1.53 bits per heavy atom. The number of amides is 2. The van der Waals surface area contributed by atoms with Crippen LogP contribution in [0.4, 0.5) is 4.79 Å². The number of benzene rings is 2. The maximum absolute atomic E-state index is 12.8. The number of carbonyl (C=O) groups is 3. The van der Waals surface area contributed by atoms with E-state index in [9.17, 15) is 19.5 Å². The van der Waals surface area contributed by atoms with Gasteiger partial charge < -0.3 is 20.5 Å². The Bertz CT molecular complexity index is 1000. The van der Waals surface area contributed by atoms with Crippen molar-refractivity contribution in [2.45, 2.75) is 63.5 Å². The molecule has 7 heteroatoms. The van der Waals surface area contributed by atoms with Crippen LogP contribution in [0.25, 0.3) is 11.1 Å². The molecule has 3 N–H and O–H groups in total. The molecule has 2 amide bonds. The minimum Gasteiger partial charge on any atom is -0.480 e. The summed E-state index contributed by atoms with van der Waals surface area (Å²) in [6, 6.07) is 14.4. The molecular weight excluding hydrogens is 432 g/mol. The maximum Gasteiger partial charge on any atom is 0.407 e. The highest BCUT2D eigenvalue weighted by Crippen LogP contribution is 2.44. The van der Waals surface area contributed by atoms with Gasteiger partial charge in [-0.15, -0.1) is 0 Å². The molecule has 0 radical (unpaired) electrons. The molecule has 0 heterocycles. The van der Waals surface area contributed by atoms with Crippen molar-refractivity contribution in [2.24, 2.45) is 5.92 Å². The van der Waals surface area contributed by atoms with Gasteiger partial charge in [0.25, 0.3) is 0 Å². The molecule has 0 bridgehead atoms. The van der Waals surface area contributed by atoms with E-state index in [0.29, 0.717) is 6.42 Å². The van der Waals surface area contributed by atoms with Gasteiger partial charge in [-0.05, 0) is 47.4 Å². The van der Waals surface area contributed by atoms with Crippen LogP contribution < -0.4 is 10.6 Å². The molecule has 34 heavy (non-hydrogen) atoms. The van der Waals surface area contributed by atoms with E-state index in [2.05, 4.69) is 22.8 Å². The predicted octanol–water partition coefficient (Wildman–Crippen LogP) is 4.45. The van der Waals surface area contributed by atoms with Gasteiger partial charge in [0.1, 0.15) is 18.7 Å². The summed E-state index contributed by atoms with van der Waals surface area (Å²) in [6.45, 7) is 1.92. The molecule has 4 rings (SSSR count). The Morgan fingerprint density at radius 1 is 0.941 bits per heavy atom. The van der Waals surface area contributed by atoms with Crippen molar-refractivity contribution >= 4 is 18.0 Å². The number of ether oxygens (including phenoxy) is 1. The van der Waals surface area contributed by atoms with Crippen LogP contribution in [0.2, 0.25) is 0 Å². The summed E-state index contributed by atoms with van der Waals surface area (Å²) in [5, 5.41) is 14.9. The van der Waals surface area contributed by atoms with Gasteiger partial charge in [-0.3, -0.25) is 4.79 Å². The number of rotatable bonds is 8. The van der Waals surface area contributed by atoms with Crippen LogP contribution in [0.1, 0.15) is 62.5 Å². The zero-order valence-corrected chi connectivity index (χ0v) is 19.5. The molecule has 180 valence electrons. The van der Waals surface area contributed by atoms with Crippen LogP contribution in [-0.4, -0.2) is 41.8 Å². The van der Waals surface area contributed by atoms with Crippen molar-refractivity contribution in [2.75, 3.05) is 6.61 Å². The number of carboxylic acids is 1. The highest BCUT2D eigenvalue weighted by atomic mass is 16.5. The molecule has 0 aliphatic heterocycles. The lowest BCUT2D eigenvalue weighted by atomic mass is 9.83. The molecule has 7 nitrogen and oxygen atoms in total. The number of nitrogens with one attached hydrogen (secondary N) is 2. The topological polar surface area (TPSA) is 105 Å². The van der Waals surface area contributed by atoms with Crippen molar-refractivity contribution in [1.82, 2.24) is 10.6 Å². The maximum atomic E-state index is 12.8. The molecule has 0 spiro atoms. The first-order valence-corrected chi connectivity index (χ1v) is 12.1. The number of hydrogen-bond acceptors (Lipinski definition) is 4. The Hall–Kier alpha value is -3.35. The molecule has 2 aliphatic carbocycles. The van der Waals surface area contributed by atoms with Crippen molar-refractivity contribution in [3.63, 3.8) is 0 Å². The third-order valence-electron chi connectivity index (χ3n) is 7.05. The molecule has 0 aromatic heterocycles. The summed E-state index contributed by atoms with van der Waals surface area (Å²) in [4.78, 5) is 37.2. The zero-order chi connectivity index (χ0) is 24.1. The largest absolute Gasteiger partial charge is 0.480 e. The third kappa shape index (κ3) is 5.08. The predicted molar refractivity (Wildman–Crippen MR) is 128 cm³/mol. The molecule has 2 atom stereocenters. The van der Waals surface area contributed by atoms with Crippen LogP contribution >= 0.6 is 0 Å². The van der Waals surface area contributed by atoms with Crippen molar-refractivity contribution in [3.8, 4) is 11.1 Å². The van der Waals surface area contributed by atoms with Crippen LogP contribution in [-0.2, 0) is 14.3 Å². The van der Waals surface area contributed by atoms with Gasteiger partial charge >= 0.3 is 12.1 Å². The molecular formula is C27H32N2O5. The van der Waals surface area contributed by atoms with Gasteiger partial charge in [0.05, 0.1) is 0 Å². The second-order valence-corrected chi connectivity index (χ2v) is 9.15. The first kappa shape index (κ1) is 23.8. The Morgan fingerprint density at radius 3 is 2.09 bits per heavy atom. The number of hydrogen-bond donors (Lipinski definition) is 3. The second kappa shape index (κ2) is 10.7. The first-order chi connectivity index (χ1) is 16.5. The van der Waals surface area contributed by atoms with E-state index in [4.69, 9.17) is 4.74 Å². The highest BCUT2D eigenvalue weighted by molar-refractivity contribution is 5.89. The molecule has 1 saturated carbocycles. The molecule has 1 fully saturated rings. The lowest BCUT2D eigenvalue weighted by Gasteiger charge is -2.29. The summed E-state index contributed by atoms with van der Waals surface area (Å²) in [6.07, 6.45) is 4.25. The Labute approximate surface area is 199 Å².